The molecule has 0 amide bonds. The van der Waals surface area contributed by atoms with Crippen LogP contribution in [0.3, 0.4) is 0 Å². The fraction of sp³-hybridized carbons (Fsp3) is 0. The van der Waals surface area contributed by atoms with E-state index in [0.29, 0.717) is 0 Å². The van der Waals surface area contributed by atoms with Crippen molar-refractivity contribution in [1.82, 2.24) is 19.8 Å². The Morgan fingerprint density at radius 3 is 3.14 bits per heavy atom. The maximum absolute atomic E-state index is 4.23. The summed E-state index contributed by atoms with van der Waals surface area (Å²) >= 11 is 1.59. The molecule has 0 radical (unpaired) electrons. The minimum absolute atomic E-state index is 0.979. The topological polar surface area (TPSA) is 43.1 Å². The van der Waals surface area contributed by atoms with Gasteiger partial charge < -0.3 is 0 Å². The second-order valence-electron chi connectivity index (χ2n) is 2.89. The van der Waals surface area contributed by atoms with Gasteiger partial charge in [0, 0.05) is 17.1 Å². The molecule has 3 aromatic rings. The molecule has 0 atom stereocenters. The number of hydrogen-bond donors (Lipinski definition) is 0. The van der Waals surface area contributed by atoms with Gasteiger partial charge in [-0.3, -0.25) is 0 Å². The molecule has 3 heterocycles. The second kappa shape index (κ2) is 2.88. The maximum atomic E-state index is 4.23. The zero-order valence-electron chi connectivity index (χ0n) is 7.16. The van der Waals surface area contributed by atoms with E-state index in [1.165, 1.54) is 0 Å². The Bertz CT molecular complexity index is 555. The van der Waals surface area contributed by atoms with Crippen molar-refractivity contribution in [3.8, 4) is 11.3 Å². The molecule has 0 aliphatic rings. The Labute approximate surface area is 83.8 Å². The third-order valence-corrected chi connectivity index (χ3v) is 2.61. The molecular formula is C9H6N4S. The molecule has 68 valence electrons. The lowest BCUT2D eigenvalue weighted by molar-refractivity contribution is 0.856. The van der Waals surface area contributed by atoms with Crippen LogP contribution in [-0.4, -0.2) is 19.8 Å². The van der Waals surface area contributed by atoms with Crippen molar-refractivity contribution >= 4 is 16.9 Å². The summed E-state index contributed by atoms with van der Waals surface area (Å²) in [4.78, 5) is 4.23. The average Bonchev–Trinajstić information content (AvgIpc) is 2.88. The summed E-state index contributed by atoms with van der Waals surface area (Å²) < 4.78 is 1.74. The summed E-state index contributed by atoms with van der Waals surface area (Å²) in [5.41, 5.74) is 4.85. The number of fused-ring (bicyclic) bond motifs is 1. The smallest absolute Gasteiger partial charge is 0.0865 e. The molecule has 4 nitrogen and oxygen atoms in total. The zero-order chi connectivity index (χ0) is 9.38. The Kier molecular flexibility index (Phi) is 1.57. The van der Waals surface area contributed by atoms with E-state index in [2.05, 4.69) is 15.3 Å². The van der Waals surface area contributed by atoms with Crippen molar-refractivity contribution in [3.63, 3.8) is 0 Å². The quantitative estimate of drug-likeness (QED) is 0.604. The third-order valence-electron chi connectivity index (χ3n) is 2.03. The van der Waals surface area contributed by atoms with Crippen LogP contribution in [0.1, 0.15) is 0 Å². The van der Waals surface area contributed by atoms with Gasteiger partial charge in [0.15, 0.2) is 0 Å². The van der Waals surface area contributed by atoms with Crippen LogP contribution in [0.15, 0.2) is 35.4 Å². The highest BCUT2D eigenvalue weighted by molar-refractivity contribution is 7.07. The van der Waals surface area contributed by atoms with Gasteiger partial charge in [0.05, 0.1) is 22.9 Å². The number of rotatable bonds is 1. The van der Waals surface area contributed by atoms with Gasteiger partial charge in [0.25, 0.3) is 0 Å². The number of hydrogen-bond acceptors (Lipinski definition) is 4. The molecular weight excluding hydrogens is 196 g/mol. The molecule has 5 heteroatoms. The first-order chi connectivity index (χ1) is 6.93. The molecule has 0 fully saturated rings. The van der Waals surface area contributed by atoms with E-state index >= 15 is 0 Å². The summed E-state index contributed by atoms with van der Waals surface area (Å²) in [6, 6.07) is 4.00. The molecule has 0 N–H and O–H groups in total. The largest absolute Gasteiger partial charge is 0.245 e. The number of pyridine rings is 1. The van der Waals surface area contributed by atoms with Crippen molar-refractivity contribution in [2.45, 2.75) is 0 Å². The zero-order valence-corrected chi connectivity index (χ0v) is 7.98. The first-order valence-electron chi connectivity index (χ1n) is 4.12. The Balaban J connectivity index is 2.23. The molecule has 14 heavy (non-hydrogen) atoms. The number of aromatic nitrogens is 4. The van der Waals surface area contributed by atoms with E-state index in [1.807, 2.05) is 29.2 Å². The van der Waals surface area contributed by atoms with Gasteiger partial charge in [0.2, 0.25) is 0 Å². The normalized spacial score (nSPS) is 10.9. The van der Waals surface area contributed by atoms with Gasteiger partial charge >= 0.3 is 0 Å². The van der Waals surface area contributed by atoms with E-state index in [-0.39, 0.29) is 0 Å². The molecule has 0 aromatic carbocycles. The first kappa shape index (κ1) is 7.64. The summed E-state index contributed by atoms with van der Waals surface area (Å²) in [6.07, 6.45) is 3.65. The maximum Gasteiger partial charge on any atom is 0.0865 e. The van der Waals surface area contributed by atoms with Crippen LogP contribution < -0.4 is 0 Å². The van der Waals surface area contributed by atoms with Crippen LogP contribution in [0.5, 0.6) is 0 Å². The average molecular weight is 202 g/mol. The van der Waals surface area contributed by atoms with E-state index in [4.69, 9.17) is 0 Å². The van der Waals surface area contributed by atoms with Gasteiger partial charge in [-0.2, -0.15) is 0 Å². The Morgan fingerprint density at radius 2 is 2.29 bits per heavy atom. The predicted molar refractivity (Wildman–Crippen MR) is 54.1 cm³/mol. The lowest BCUT2D eigenvalue weighted by Gasteiger charge is -1.96. The number of nitrogens with zero attached hydrogens (tertiary/aromatic N) is 4. The van der Waals surface area contributed by atoms with E-state index in [9.17, 15) is 0 Å². The van der Waals surface area contributed by atoms with Crippen LogP contribution in [0.4, 0.5) is 0 Å². The minimum atomic E-state index is 0.979. The second-order valence-corrected chi connectivity index (χ2v) is 3.61. The van der Waals surface area contributed by atoms with Gasteiger partial charge in [-0.05, 0) is 12.1 Å². The van der Waals surface area contributed by atoms with Crippen molar-refractivity contribution in [3.05, 3.63) is 35.4 Å². The summed E-state index contributed by atoms with van der Waals surface area (Å²) in [5.74, 6) is 0. The Hall–Kier alpha value is -1.75. The summed E-state index contributed by atoms with van der Waals surface area (Å²) in [7, 11) is 0. The van der Waals surface area contributed by atoms with Crippen molar-refractivity contribution in [2.75, 3.05) is 0 Å². The van der Waals surface area contributed by atoms with Gasteiger partial charge in [-0.1, -0.05) is 5.21 Å². The van der Waals surface area contributed by atoms with E-state index in [0.717, 1.165) is 16.8 Å². The van der Waals surface area contributed by atoms with Crippen molar-refractivity contribution < 1.29 is 0 Å². The predicted octanol–water partition coefficient (Wildman–Crippen LogP) is 1.85. The van der Waals surface area contributed by atoms with E-state index < -0.39 is 0 Å². The monoisotopic (exact) mass is 202 g/mol. The standard InChI is InChI=1S/C9H6N4S/c1-2-8-3-11-12-13(8)4-7(1)9-5-14-6-10-9/h1-6H. The molecule has 3 rings (SSSR count). The van der Waals surface area contributed by atoms with Crippen LogP contribution in [0.25, 0.3) is 16.8 Å². The summed E-state index contributed by atoms with van der Waals surface area (Å²) in [6.45, 7) is 0. The molecule has 0 bridgehead atoms. The van der Waals surface area contributed by atoms with Crippen LogP contribution in [-0.2, 0) is 0 Å². The fourth-order valence-corrected chi connectivity index (χ4v) is 1.89. The Morgan fingerprint density at radius 1 is 1.29 bits per heavy atom. The lowest BCUT2D eigenvalue weighted by atomic mass is 10.2. The SMILES string of the molecule is c1nc(-c2ccc3cnnn3c2)cs1. The first-order valence-corrected chi connectivity index (χ1v) is 5.06. The molecule has 0 unspecified atom stereocenters. The van der Waals surface area contributed by atoms with Gasteiger partial charge in [-0.25, -0.2) is 9.50 Å². The third kappa shape index (κ3) is 1.10. The highest BCUT2D eigenvalue weighted by Crippen LogP contribution is 2.18. The molecule has 3 aromatic heterocycles. The van der Waals surface area contributed by atoms with Gasteiger partial charge in [-0.15, -0.1) is 16.4 Å². The molecule has 0 aliphatic carbocycles. The summed E-state index contributed by atoms with van der Waals surface area (Å²) in [5, 5.41) is 9.76. The van der Waals surface area contributed by atoms with Gasteiger partial charge in [0.1, 0.15) is 0 Å². The van der Waals surface area contributed by atoms with Crippen molar-refractivity contribution in [2.24, 2.45) is 0 Å². The van der Waals surface area contributed by atoms with Crippen LogP contribution in [0, 0.1) is 0 Å². The van der Waals surface area contributed by atoms with Crippen LogP contribution in [0.2, 0.25) is 0 Å². The highest BCUT2D eigenvalue weighted by Gasteiger charge is 2.01. The molecule has 0 aliphatic heterocycles. The fourth-order valence-electron chi connectivity index (χ4n) is 1.33. The van der Waals surface area contributed by atoms with Crippen LogP contribution >= 0.6 is 11.3 Å². The molecule has 0 saturated heterocycles. The van der Waals surface area contributed by atoms with E-state index in [1.54, 1.807) is 22.0 Å². The highest BCUT2D eigenvalue weighted by atomic mass is 32.1. The van der Waals surface area contributed by atoms with Crippen molar-refractivity contribution in [1.29, 1.82) is 0 Å². The number of thiazole rings is 1. The lowest BCUT2D eigenvalue weighted by Crippen LogP contribution is -1.88. The minimum Gasteiger partial charge on any atom is -0.245 e. The molecule has 0 saturated carbocycles. The molecule has 0 spiro atoms.